The van der Waals surface area contributed by atoms with Crippen molar-refractivity contribution in [3.8, 4) is 0 Å². The van der Waals surface area contributed by atoms with Crippen LogP contribution in [0.4, 0.5) is 0 Å². The molecule has 0 amide bonds. The highest BCUT2D eigenvalue weighted by molar-refractivity contribution is 5.70. The molecule has 1 aliphatic rings. The first-order valence-electron chi connectivity index (χ1n) is 5.23. The van der Waals surface area contributed by atoms with Crippen LogP contribution in [0, 0.1) is 0 Å². The van der Waals surface area contributed by atoms with Gasteiger partial charge in [0.25, 0.3) is 0 Å². The summed E-state index contributed by atoms with van der Waals surface area (Å²) in [7, 11) is 0. The average Bonchev–Trinajstić information content (AvgIpc) is 2.85. The number of hydrogen-bond acceptors (Lipinski definition) is 2. The lowest BCUT2D eigenvalue weighted by atomic mass is 10.2. The molecule has 0 radical (unpaired) electrons. The van der Waals surface area contributed by atoms with Crippen molar-refractivity contribution in [2.24, 2.45) is 0 Å². The first-order valence-corrected chi connectivity index (χ1v) is 5.23. The van der Waals surface area contributed by atoms with Crippen LogP contribution < -0.4 is 0 Å². The lowest BCUT2D eigenvalue weighted by Gasteiger charge is -2.11. The predicted octanol–water partition coefficient (Wildman–Crippen LogP) is 2.55. The Balaban J connectivity index is 2.11. The van der Waals surface area contributed by atoms with Gasteiger partial charge in [0.1, 0.15) is 0 Å². The number of pyridine rings is 1. The molecule has 0 unspecified atom stereocenters. The van der Waals surface area contributed by atoms with Crippen LogP contribution in [0.15, 0.2) is 24.7 Å². The monoisotopic (exact) mass is 187 g/mol. The van der Waals surface area contributed by atoms with Crippen molar-refractivity contribution in [3.63, 3.8) is 0 Å². The third kappa shape index (κ3) is 1.12. The van der Waals surface area contributed by atoms with E-state index in [0.29, 0.717) is 6.04 Å². The smallest absolute Gasteiger partial charge is 0.177 e. The zero-order valence-corrected chi connectivity index (χ0v) is 8.06. The molecule has 0 aliphatic heterocycles. The zero-order valence-electron chi connectivity index (χ0n) is 8.06. The van der Waals surface area contributed by atoms with Gasteiger partial charge in [-0.05, 0) is 25.0 Å². The maximum absolute atomic E-state index is 4.32. The minimum absolute atomic E-state index is 0.657. The minimum atomic E-state index is 0.657. The summed E-state index contributed by atoms with van der Waals surface area (Å²) in [5.41, 5.74) is 2.05. The maximum atomic E-state index is 4.32. The second-order valence-corrected chi connectivity index (χ2v) is 3.94. The van der Waals surface area contributed by atoms with E-state index in [9.17, 15) is 0 Å². The molecule has 3 nitrogen and oxygen atoms in total. The summed E-state index contributed by atoms with van der Waals surface area (Å²) in [6.07, 6.45) is 9.03. The molecule has 1 aliphatic carbocycles. The van der Waals surface area contributed by atoms with E-state index < -0.39 is 0 Å². The van der Waals surface area contributed by atoms with Crippen molar-refractivity contribution in [2.45, 2.75) is 31.7 Å². The van der Waals surface area contributed by atoms with E-state index in [1.807, 2.05) is 12.4 Å². The summed E-state index contributed by atoms with van der Waals surface area (Å²) in [6.45, 7) is 0. The Morgan fingerprint density at radius 1 is 1.21 bits per heavy atom. The SMILES string of the molecule is c1cnc2ncn(C3CCCC3)c2c1. The van der Waals surface area contributed by atoms with Crippen LogP contribution in [-0.4, -0.2) is 14.5 Å². The van der Waals surface area contributed by atoms with Crippen LogP contribution in [0.3, 0.4) is 0 Å². The van der Waals surface area contributed by atoms with Crippen molar-refractivity contribution >= 4 is 11.2 Å². The molecule has 0 bridgehead atoms. The molecule has 2 heterocycles. The molecular formula is C11H13N3. The van der Waals surface area contributed by atoms with Crippen molar-refractivity contribution in [3.05, 3.63) is 24.7 Å². The fourth-order valence-electron chi connectivity index (χ4n) is 2.34. The predicted molar refractivity (Wildman–Crippen MR) is 55.0 cm³/mol. The van der Waals surface area contributed by atoms with Crippen molar-refractivity contribution < 1.29 is 0 Å². The Kier molecular flexibility index (Phi) is 1.76. The summed E-state index contributed by atoms with van der Waals surface area (Å²) < 4.78 is 2.29. The quantitative estimate of drug-likeness (QED) is 0.686. The summed E-state index contributed by atoms with van der Waals surface area (Å²) in [6, 6.07) is 4.74. The lowest BCUT2D eigenvalue weighted by Crippen LogP contribution is -2.02. The number of fused-ring (bicyclic) bond motifs is 1. The van der Waals surface area contributed by atoms with Gasteiger partial charge in [-0.15, -0.1) is 0 Å². The Hall–Kier alpha value is -1.38. The summed E-state index contributed by atoms with van der Waals surface area (Å²) in [5.74, 6) is 0. The highest BCUT2D eigenvalue weighted by Gasteiger charge is 2.18. The van der Waals surface area contributed by atoms with Gasteiger partial charge >= 0.3 is 0 Å². The van der Waals surface area contributed by atoms with Crippen LogP contribution in [-0.2, 0) is 0 Å². The van der Waals surface area contributed by atoms with Gasteiger partial charge in [0.05, 0.1) is 11.8 Å². The van der Waals surface area contributed by atoms with E-state index in [-0.39, 0.29) is 0 Å². The Bertz CT molecular complexity index is 440. The molecule has 72 valence electrons. The topological polar surface area (TPSA) is 30.7 Å². The van der Waals surface area contributed by atoms with E-state index in [1.165, 1.54) is 31.2 Å². The molecule has 1 saturated carbocycles. The number of imidazole rings is 1. The highest BCUT2D eigenvalue weighted by Crippen LogP contribution is 2.31. The van der Waals surface area contributed by atoms with Crippen LogP contribution in [0.2, 0.25) is 0 Å². The first kappa shape index (κ1) is 7.97. The molecule has 0 spiro atoms. The van der Waals surface area contributed by atoms with Gasteiger partial charge in [0.2, 0.25) is 0 Å². The van der Waals surface area contributed by atoms with Gasteiger partial charge in [-0.25, -0.2) is 9.97 Å². The maximum Gasteiger partial charge on any atom is 0.177 e. The molecule has 0 N–H and O–H groups in total. The van der Waals surface area contributed by atoms with Crippen LogP contribution in [0.5, 0.6) is 0 Å². The van der Waals surface area contributed by atoms with Gasteiger partial charge in [0.15, 0.2) is 5.65 Å². The second-order valence-electron chi connectivity index (χ2n) is 3.94. The Morgan fingerprint density at radius 3 is 2.93 bits per heavy atom. The average molecular weight is 187 g/mol. The number of rotatable bonds is 1. The third-order valence-electron chi connectivity index (χ3n) is 3.07. The van der Waals surface area contributed by atoms with Crippen molar-refractivity contribution in [1.29, 1.82) is 0 Å². The molecule has 0 aromatic carbocycles. The summed E-state index contributed by atoms with van der Waals surface area (Å²) in [5, 5.41) is 0. The molecule has 3 rings (SSSR count). The molecule has 2 aromatic heterocycles. The van der Waals surface area contributed by atoms with Crippen molar-refractivity contribution in [2.75, 3.05) is 0 Å². The van der Waals surface area contributed by atoms with Crippen LogP contribution in [0.1, 0.15) is 31.7 Å². The standard InChI is InChI=1S/C11H13N3/c1-2-5-9(4-1)14-8-13-11-10(14)6-3-7-12-11/h3,6-9H,1-2,4-5H2. The largest absolute Gasteiger partial charge is 0.326 e. The van der Waals surface area contributed by atoms with E-state index in [0.717, 1.165) is 5.65 Å². The van der Waals surface area contributed by atoms with E-state index in [4.69, 9.17) is 0 Å². The third-order valence-corrected chi connectivity index (χ3v) is 3.07. The molecule has 1 fully saturated rings. The molecule has 0 saturated heterocycles. The summed E-state index contributed by atoms with van der Waals surface area (Å²) >= 11 is 0. The van der Waals surface area contributed by atoms with Gasteiger partial charge in [-0.1, -0.05) is 12.8 Å². The van der Waals surface area contributed by atoms with Gasteiger partial charge < -0.3 is 4.57 Å². The van der Waals surface area contributed by atoms with Gasteiger partial charge in [-0.2, -0.15) is 0 Å². The minimum Gasteiger partial charge on any atom is -0.326 e. The van der Waals surface area contributed by atoms with E-state index in [1.54, 1.807) is 6.20 Å². The number of aromatic nitrogens is 3. The molecule has 0 atom stereocenters. The molecule has 2 aromatic rings. The number of hydrogen-bond donors (Lipinski definition) is 0. The fraction of sp³-hybridized carbons (Fsp3) is 0.455. The van der Waals surface area contributed by atoms with E-state index >= 15 is 0 Å². The van der Waals surface area contributed by atoms with E-state index in [2.05, 4.69) is 20.6 Å². The highest BCUT2D eigenvalue weighted by atomic mass is 15.1. The summed E-state index contributed by atoms with van der Waals surface area (Å²) in [4.78, 5) is 8.56. The lowest BCUT2D eigenvalue weighted by molar-refractivity contribution is 0.532. The van der Waals surface area contributed by atoms with Gasteiger partial charge in [-0.3, -0.25) is 0 Å². The Morgan fingerprint density at radius 2 is 2.07 bits per heavy atom. The fourth-order valence-corrected chi connectivity index (χ4v) is 2.34. The van der Waals surface area contributed by atoms with Gasteiger partial charge in [0, 0.05) is 12.2 Å². The van der Waals surface area contributed by atoms with Crippen molar-refractivity contribution in [1.82, 2.24) is 14.5 Å². The molecular weight excluding hydrogens is 174 g/mol. The molecule has 3 heteroatoms. The van der Waals surface area contributed by atoms with Crippen LogP contribution >= 0.6 is 0 Å². The zero-order chi connectivity index (χ0) is 9.38. The normalized spacial score (nSPS) is 18.0. The Labute approximate surface area is 82.8 Å². The second kappa shape index (κ2) is 3.08. The first-order chi connectivity index (χ1) is 6.95. The number of nitrogens with zero attached hydrogens (tertiary/aromatic N) is 3. The molecule has 14 heavy (non-hydrogen) atoms. The van der Waals surface area contributed by atoms with Crippen LogP contribution in [0.25, 0.3) is 11.2 Å².